The van der Waals surface area contributed by atoms with E-state index in [1.807, 2.05) is 6.92 Å². The van der Waals surface area contributed by atoms with Gasteiger partial charge in [0.15, 0.2) is 0 Å². The van der Waals surface area contributed by atoms with Gasteiger partial charge >= 0.3 is 0 Å². The maximum absolute atomic E-state index is 2.38. The summed E-state index contributed by atoms with van der Waals surface area (Å²) in [6.07, 6.45) is 35.2. The first-order valence-corrected chi connectivity index (χ1v) is 9.99. The van der Waals surface area contributed by atoms with Crippen LogP contribution in [0.4, 0.5) is 0 Å². The molecule has 0 spiro atoms. The van der Waals surface area contributed by atoms with Crippen LogP contribution in [-0.2, 0) is 0 Å². The summed E-state index contributed by atoms with van der Waals surface area (Å²) in [6, 6.07) is 0. The molecule has 0 saturated carbocycles. The molecule has 0 aliphatic rings. The summed E-state index contributed by atoms with van der Waals surface area (Å²) >= 11 is 0. The average molecular weight is 317 g/mol. The monoisotopic (exact) mass is 316 g/mol. The molecule has 0 aliphatic carbocycles. The van der Waals surface area contributed by atoms with Gasteiger partial charge in [0.2, 0.25) is 0 Å². The fourth-order valence-electron chi connectivity index (χ4n) is 2.56. The highest BCUT2D eigenvalue weighted by Gasteiger charge is 1.91. The molecule has 0 rings (SSSR count). The van der Waals surface area contributed by atoms with E-state index in [1.54, 1.807) is 0 Å². The second-order valence-electron chi connectivity index (χ2n) is 6.33. The lowest BCUT2D eigenvalue weighted by Gasteiger charge is -2.00. The van der Waals surface area contributed by atoms with Crippen LogP contribution < -0.4 is 0 Å². The summed E-state index contributed by atoms with van der Waals surface area (Å²) < 4.78 is 0. The molecule has 0 fully saturated rings. The van der Waals surface area contributed by atoms with Crippen LogP contribution in [0.1, 0.15) is 97.3 Å². The topological polar surface area (TPSA) is 0 Å². The first-order chi connectivity index (χ1) is 11.4. The maximum Gasteiger partial charge on any atom is -0.0166 e. The number of hydrogen-bond donors (Lipinski definition) is 0. The molecule has 0 aromatic rings. The SMILES string of the molecule is CC=CC=CCC=CCCC=CCCCCCCCCCCC. The molecule has 0 nitrogen and oxygen atoms in total. The van der Waals surface area contributed by atoms with Crippen molar-refractivity contribution in [1.29, 1.82) is 0 Å². The Balaban J connectivity index is 3.21. The van der Waals surface area contributed by atoms with E-state index in [0.717, 1.165) is 6.42 Å². The van der Waals surface area contributed by atoms with Crippen molar-refractivity contribution >= 4 is 0 Å². The third-order valence-electron chi connectivity index (χ3n) is 4.02. The quantitative estimate of drug-likeness (QED) is 0.152. The van der Waals surface area contributed by atoms with Crippen molar-refractivity contribution in [1.82, 2.24) is 0 Å². The molecule has 0 amide bonds. The van der Waals surface area contributed by atoms with Gasteiger partial charge in [-0.2, -0.15) is 0 Å². The Morgan fingerprint density at radius 3 is 1.74 bits per heavy atom. The predicted octanol–water partition coefficient (Wildman–Crippen LogP) is 8.32. The molecule has 132 valence electrons. The second-order valence-corrected chi connectivity index (χ2v) is 6.33. The normalized spacial score (nSPS) is 12.6. The summed E-state index contributed by atoms with van der Waals surface area (Å²) in [5.41, 5.74) is 0. The standard InChI is InChI=1S/C23H40/c1-3-5-7-9-11-13-15-17-19-21-23-22-20-18-16-14-12-10-8-6-4-2/h3,5,7,9,13,15,21,23H,4,6,8,10-12,14,16-20,22H2,1-2H3. The fraction of sp³-hybridized carbons (Fsp3) is 0.652. The third-order valence-corrected chi connectivity index (χ3v) is 4.02. The molecule has 0 aliphatic heterocycles. The van der Waals surface area contributed by atoms with E-state index < -0.39 is 0 Å². The zero-order chi connectivity index (χ0) is 16.8. The van der Waals surface area contributed by atoms with Crippen LogP contribution in [0.3, 0.4) is 0 Å². The van der Waals surface area contributed by atoms with E-state index >= 15 is 0 Å². The Morgan fingerprint density at radius 2 is 1.09 bits per heavy atom. The lowest BCUT2D eigenvalue weighted by atomic mass is 10.1. The van der Waals surface area contributed by atoms with E-state index in [2.05, 4.69) is 55.5 Å². The van der Waals surface area contributed by atoms with Gasteiger partial charge in [-0.05, 0) is 39.0 Å². The number of unbranched alkanes of at least 4 members (excludes halogenated alkanes) is 10. The highest BCUT2D eigenvalue weighted by molar-refractivity contribution is 5.03. The largest absolute Gasteiger partial charge is 0.0885 e. The lowest BCUT2D eigenvalue weighted by molar-refractivity contribution is 0.566. The molecule has 0 atom stereocenters. The van der Waals surface area contributed by atoms with Gasteiger partial charge in [-0.3, -0.25) is 0 Å². The van der Waals surface area contributed by atoms with Gasteiger partial charge in [0.1, 0.15) is 0 Å². The van der Waals surface area contributed by atoms with Crippen molar-refractivity contribution in [3.8, 4) is 0 Å². The zero-order valence-corrected chi connectivity index (χ0v) is 15.8. The van der Waals surface area contributed by atoms with E-state index in [4.69, 9.17) is 0 Å². The first-order valence-electron chi connectivity index (χ1n) is 9.99. The van der Waals surface area contributed by atoms with Crippen LogP contribution in [0, 0.1) is 0 Å². The van der Waals surface area contributed by atoms with Gasteiger partial charge in [-0.15, -0.1) is 0 Å². The minimum absolute atomic E-state index is 1.05. The van der Waals surface area contributed by atoms with Crippen molar-refractivity contribution < 1.29 is 0 Å². The van der Waals surface area contributed by atoms with E-state index in [1.165, 1.54) is 77.0 Å². The highest BCUT2D eigenvalue weighted by Crippen LogP contribution is 2.10. The van der Waals surface area contributed by atoms with Gasteiger partial charge in [-0.25, -0.2) is 0 Å². The molecule has 0 radical (unpaired) electrons. The predicted molar refractivity (Wildman–Crippen MR) is 108 cm³/mol. The van der Waals surface area contributed by atoms with Crippen molar-refractivity contribution in [2.45, 2.75) is 97.3 Å². The molecule has 23 heavy (non-hydrogen) atoms. The summed E-state index contributed by atoms with van der Waals surface area (Å²) in [5, 5.41) is 0. The van der Waals surface area contributed by atoms with Crippen LogP contribution in [0.5, 0.6) is 0 Å². The molecular formula is C23H40. The molecular weight excluding hydrogens is 276 g/mol. The third kappa shape index (κ3) is 21.0. The Hall–Kier alpha value is -1.04. The summed E-state index contributed by atoms with van der Waals surface area (Å²) in [6.45, 7) is 4.33. The minimum Gasteiger partial charge on any atom is -0.0885 e. The van der Waals surface area contributed by atoms with Crippen LogP contribution in [0.2, 0.25) is 0 Å². The Kier molecular flexibility index (Phi) is 20.0. The molecule has 0 unspecified atom stereocenters. The highest BCUT2D eigenvalue weighted by atomic mass is 14.0. The van der Waals surface area contributed by atoms with Gasteiger partial charge in [0, 0.05) is 0 Å². The second kappa shape index (κ2) is 21.0. The van der Waals surface area contributed by atoms with Crippen molar-refractivity contribution in [3.05, 3.63) is 48.6 Å². The van der Waals surface area contributed by atoms with Gasteiger partial charge in [0.05, 0.1) is 0 Å². The maximum atomic E-state index is 2.38. The molecule has 0 aromatic heterocycles. The minimum atomic E-state index is 1.05. The van der Waals surface area contributed by atoms with Crippen molar-refractivity contribution in [2.75, 3.05) is 0 Å². The van der Waals surface area contributed by atoms with Crippen LogP contribution in [0.25, 0.3) is 0 Å². The van der Waals surface area contributed by atoms with Crippen LogP contribution in [0.15, 0.2) is 48.6 Å². The van der Waals surface area contributed by atoms with E-state index in [-0.39, 0.29) is 0 Å². The van der Waals surface area contributed by atoms with Crippen molar-refractivity contribution in [3.63, 3.8) is 0 Å². The summed E-state index contributed by atoms with van der Waals surface area (Å²) in [5.74, 6) is 0. The number of allylic oxidation sites excluding steroid dienone is 8. The van der Waals surface area contributed by atoms with Crippen LogP contribution in [-0.4, -0.2) is 0 Å². The summed E-state index contributed by atoms with van der Waals surface area (Å²) in [7, 11) is 0. The van der Waals surface area contributed by atoms with Gasteiger partial charge in [0.25, 0.3) is 0 Å². The molecule has 0 aromatic carbocycles. The first kappa shape index (κ1) is 22.0. The zero-order valence-electron chi connectivity index (χ0n) is 15.8. The smallest absolute Gasteiger partial charge is 0.0166 e. The Bertz CT molecular complexity index is 317. The lowest BCUT2D eigenvalue weighted by Crippen LogP contribution is -1.80. The van der Waals surface area contributed by atoms with Crippen LogP contribution >= 0.6 is 0 Å². The molecule has 0 heterocycles. The Morgan fingerprint density at radius 1 is 0.522 bits per heavy atom. The molecule has 0 N–H and O–H groups in total. The summed E-state index contributed by atoms with van der Waals surface area (Å²) in [4.78, 5) is 0. The van der Waals surface area contributed by atoms with Crippen molar-refractivity contribution in [2.24, 2.45) is 0 Å². The van der Waals surface area contributed by atoms with E-state index in [0.29, 0.717) is 0 Å². The van der Waals surface area contributed by atoms with E-state index in [9.17, 15) is 0 Å². The fourth-order valence-corrected chi connectivity index (χ4v) is 2.56. The molecule has 0 saturated heterocycles. The number of rotatable bonds is 16. The van der Waals surface area contributed by atoms with Gasteiger partial charge in [-0.1, -0.05) is 107 Å². The number of hydrogen-bond acceptors (Lipinski definition) is 0. The average Bonchev–Trinajstić information content (AvgIpc) is 2.57. The Labute approximate surface area is 146 Å². The van der Waals surface area contributed by atoms with Gasteiger partial charge < -0.3 is 0 Å². The molecule has 0 heteroatoms. The molecule has 0 bridgehead atoms.